The van der Waals surface area contributed by atoms with Gasteiger partial charge in [0.15, 0.2) is 0 Å². The molecule has 0 aromatic rings. The third kappa shape index (κ3) is 4.68. The van der Waals surface area contributed by atoms with E-state index in [9.17, 15) is 9.59 Å². The largest absolute Gasteiger partial charge is 0.466 e. The summed E-state index contributed by atoms with van der Waals surface area (Å²) >= 11 is 0. The second kappa shape index (κ2) is 5.54. The number of rotatable bonds is 5. The Labute approximate surface area is 71.0 Å². The van der Waals surface area contributed by atoms with E-state index in [0.29, 0.717) is 6.61 Å². The minimum Gasteiger partial charge on any atom is -0.466 e. The first-order chi connectivity index (χ1) is 5.57. The summed E-state index contributed by atoms with van der Waals surface area (Å²) in [6.07, 6.45) is 0.381. The van der Waals surface area contributed by atoms with E-state index in [1.807, 2.05) is 0 Å². The lowest BCUT2D eigenvalue weighted by molar-refractivity contribution is -0.143. The summed E-state index contributed by atoms with van der Waals surface area (Å²) < 4.78 is 4.63. The first-order valence-corrected chi connectivity index (χ1v) is 3.78. The van der Waals surface area contributed by atoms with E-state index in [0.717, 1.165) is 0 Å². The molecule has 12 heavy (non-hydrogen) atoms. The molecule has 0 radical (unpaired) electrons. The molecule has 0 heterocycles. The average Bonchev–Trinajstić information content (AvgIpc) is 2.00. The van der Waals surface area contributed by atoms with Gasteiger partial charge in [0.1, 0.15) is 0 Å². The van der Waals surface area contributed by atoms with E-state index >= 15 is 0 Å². The van der Waals surface area contributed by atoms with Crippen LogP contribution in [0.1, 0.15) is 19.8 Å². The molecule has 5 nitrogen and oxygen atoms in total. The quantitative estimate of drug-likeness (QED) is 0.530. The molecule has 4 N–H and O–H groups in total. The maximum Gasteiger partial charge on any atom is 0.305 e. The molecule has 0 aliphatic rings. The van der Waals surface area contributed by atoms with E-state index < -0.39 is 11.9 Å². The first kappa shape index (κ1) is 10.9. The van der Waals surface area contributed by atoms with Crippen molar-refractivity contribution in [1.29, 1.82) is 0 Å². The van der Waals surface area contributed by atoms with Gasteiger partial charge in [0, 0.05) is 6.42 Å². The molecule has 1 amide bonds. The number of hydrogen-bond acceptors (Lipinski definition) is 4. The topological polar surface area (TPSA) is 95.4 Å². The smallest absolute Gasteiger partial charge is 0.305 e. The Morgan fingerprint density at radius 2 is 2.08 bits per heavy atom. The van der Waals surface area contributed by atoms with Gasteiger partial charge in [-0.25, -0.2) is 0 Å². The number of ether oxygens (including phenoxy) is 1. The Hall–Kier alpha value is -1.10. The van der Waals surface area contributed by atoms with Crippen LogP contribution in [0.15, 0.2) is 0 Å². The Kier molecular flexibility index (Phi) is 5.03. The van der Waals surface area contributed by atoms with Crippen molar-refractivity contribution in [3.63, 3.8) is 0 Å². The van der Waals surface area contributed by atoms with Gasteiger partial charge in [-0.2, -0.15) is 0 Å². The van der Waals surface area contributed by atoms with Gasteiger partial charge in [-0.15, -0.1) is 0 Å². The van der Waals surface area contributed by atoms with Crippen molar-refractivity contribution >= 4 is 11.9 Å². The zero-order valence-electron chi connectivity index (χ0n) is 7.08. The van der Waals surface area contributed by atoms with E-state index in [2.05, 4.69) is 4.74 Å². The van der Waals surface area contributed by atoms with Crippen molar-refractivity contribution in [2.75, 3.05) is 6.61 Å². The van der Waals surface area contributed by atoms with Crippen LogP contribution in [0, 0.1) is 0 Å². The normalized spacial score (nSPS) is 12.2. The molecule has 70 valence electrons. The standard InChI is InChI=1S/C7H14N2O3/c1-2-12-6(10)4-3-5(8)7(9)11/h5H,2-4,8H2,1H3,(H2,9,11)/t5-/m1/s1. The van der Waals surface area contributed by atoms with Crippen LogP contribution >= 0.6 is 0 Å². The lowest BCUT2D eigenvalue weighted by Crippen LogP contribution is -2.36. The monoisotopic (exact) mass is 174 g/mol. The minimum absolute atomic E-state index is 0.137. The number of hydrogen-bond donors (Lipinski definition) is 2. The minimum atomic E-state index is -0.755. The number of nitrogens with two attached hydrogens (primary N) is 2. The fourth-order valence-corrected chi connectivity index (χ4v) is 0.649. The molecule has 0 fully saturated rings. The third-order valence-corrected chi connectivity index (χ3v) is 1.33. The van der Waals surface area contributed by atoms with Crippen LogP contribution in [0.25, 0.3) is 0 Å². The molecule has 0 spiro atoms. The molecule has 1 atom stereocenters. The highest BCUT2D eigenvalue weighted by molar-refractivity contribution is 5.80. The number of primary amides is 1. The second-order valence-corrected chi connectivity index (χ2v) is 2.35. The van der Waals surface area contributed by atoms with Gasteiger partial charge >= 0.3 is 5.97 Å². The fourth-order valence-electron chi connectivity index (χ4n) is 0.649. The lowest BCUT2D eigenvalue weighted by Gasteiger charge is -2.05. The molecule has 0 aromatic heterocycles. The zero-order valence-corrected chi connectivity index (χ0v) is 7.08. The molecular formula is C7H14N2O3. The van der Waals surface area contributed by atoms with Crippen molar-refractivity contribution < 1.29 is 14.3 Å². The van der Waals surface area contributed by atoms with E-state index in [-0.39, 0.29) is 18.8 Å². The van der Waals surface area contributed by atoms with Gasteiger partial charge in [-0.1, -0.05) is 0 Å². The lowest BCUT2D eigenvalue weighted by atomic mass is 10.1. The number of carbonyl (C=O) groups excluding carboxylic acids is 2. The molecule has 0 aliphatic heterocycles. The summed E-state index contributed by atoms with van der Waals surface area (Å²) in [5, 5.41) is 0. The van der Waals surface area contributed by atoms with E-state index in [4.69, 9.17) is 11.5 Å². The Balaban J connectivity index is 3.54. The average molecular weight is 174 g/mol. The van der Waals surface area contributed by atoms with Crippen LogP contribution in [-0.2, 0) is 14.3 Å². The van der Waals surface area contributed by atoms with Crippen molar-refractivity contribution in [2.24, 2.45) is 11.5 Å². The summed E-state index contributed by atoms with van der Waals surface area (Å²) in [4.78, 5) is 21.2. The fraction of sp³-hybridized carbons (Fsp3) is 0.714. The van der Waals surface area contributed by atoms with Crippen LogP contribution in [0.5, 0.6) is 0 Å². The van der Waals surface area contributed by atoms with Crippen molar-refractivity contribution in [1.82, 2.24) is 0 Å². The van der Waals surface area contributed by atoms with E-state index in [1.54, 1.807) is 6.92 Å². The maximum atomic E-state index is 10.7. The van der Waals surface area contributed by atoms with Crippen LogP contribution in [-0.4, -0.2) is 24.5 Å². The molecule has 0 unspecified atom stereocenters. The van der Waals surface area contributed by atoms with Gasteiger partial charge < -0.3 is 16.2 Å². The van der Waals surface area contributed by atoms with Gasteiger partial charge in [0.25, 0.3) is 0 Å². The summed E-state index contributed by atoms with van der Waals surface area (Å²) in [5.74, 6) is -0.950. The number of carbonyl (C=O) groups is 2. The Morgan fingerprint density at radius 1 is 1.50 bits per heavy atom. The van der Waals surface area contributed by atoms with Crippen molar-refractivity contribution in [2.45, 2.75) is 25.8 Å². The molecule has 0 rings (SSSR count). The highest BCUT2D eigenvalue weighted by atomic mass is 16.5. The van der Waals surface area contributed by atoms with Gasteiger partial charge in [0.2, 0.25) is 5.91 Å². The van der Waals surface area contributed by atoms with Crippen molar-refractivity contribution in [3.05, 3.63) is 0 Å². The summed E-state index contributed by atoms with van der Waals surface area (Å²) in [6, 6.07) is -0.755. The summed E-state index contributed by atoms with van der Waals surface area (Å²) in [7, 11) is 0. The molecule has 0 bridgehead atoms. The highest BCUT2D eigenvalue weighted by Crippen LogP contribution is 1.96. The summed E-state index contributed by atoms with van der Waals surface area (Å²) in [5.41, 5.74) is 10.2. The molecular weight excluding hydrogens is 160 g/mol. The highest BCUT2D eigenvalue weighted by Gasteiger charge is 2.11. The number of esters is 1. The molecule has 0 aliphatic carbocycles. The van der Waals surface area contributed by atoms with Crippen LogP contribution in [0.4, 0.5) is 0 Å². The SMILES string of the molecule is CCOC(=O)CC[C@@H](N)C(N)=O. The van der Waals surface area contributed by atoms with Crippen LogP contribution < -0.4 is 11.5 Å². The Bertz CT molecular complexity index is 170. The molecule has 0 aromatic carbocycles. The van der Waals surface area contributed by atoms with Gasteiger partial charge in [0.05, 0.1) is 12.6 Å². The summed E-state index contributed by atoms with van der Waals surface area (Å²) in [6.45, 7) is 2.05. The zero-order chi connectivity index (χ0) is 9.56. The maximum absolute atomic E-state index is 10.7. The predicted octanol–water partition coefficient (Wildman–Crippen LogP) is -0.858. The first-order valence-electron chi connectivity index (χ1n) is 3.78. The second-order valence-electron chi connectivity index (χ2n) is 2.35. The van der Waals surface area contributed by atoms with Crippen molar-refractivity contribution in [3.8, 4) is 0 Å². The van der Waals surface area contributed by atoms with Crippen LogP contribution in [0.3, 0.4) is 0 Å². The number of amides is 1. The van der Waals surface area contributed by atoms with Gasteiger partial charge in [-0.05, 0) is 13.3 Å². The Morgan fingerprint density at radius 3 is 2.50 bits per heavy atom. The molecule has 0 saturated heterocycles. The molecule has 5 heteroatoms. The van der Waals surface area contributed by atoms with Gasteiger partial charge in [-0.3, -0.25) is 9.59 Å². The predicted molar refractivity (Wildman–Crippen MR) is 43.0 cm³/mol. The third-order valence-electron chi connectivity index (χ3n) is 1.33. The van der Waals surface area contributed by atoms with E-state index in [1.165, 1.54) is 0 Å². The molecule has 0 saturated carbocycles. The van der Waals surface area contributed by atoms with Crippen LogP contribution in [0.2, 0.25) is 0 Å².